The van der Waals surface area contributed by atoms with Crippen molar-refractivity contribution < 1.29 is 13.9 Å². The van der Waals surface area contributed by atoms with Gasteiger partial charge in [0.15, 0.2) is 0 Å². The Morgan fingerprint density at radius 1 is 1.19 bits per heavy atom. The minimum Gasteiger partial charge on any atom is -0.497 e. The van der Waals surface area contributed by atoms with Gasteiger partial charge in [-0.25, -0.2) is 4.39 Å². The Labute approximate surface area is 153 Å². The van der Waals surface area contributed by atoms with E-state index < -0.39 is 0 Å². The Morgan fingerprint density at radius 2 is 1.88 bits per heavy atom. The monoisotopic (exact) mass is 372 g/mol. The van der Waals surface area contributed by atoms with Crippen molar-refractivity contribution in [2.45, 2.75) is 13.5 Å². The minimum absolute atomic E-state index is 0.0870. The number of hydrogen-bond acceptors (Lipinski definition) is 4. The van der Waals surface area contributed by atoms with Gasteiger partial charge in [0.2, 0.25) is 0 Å². The molecule has 5 nitrogen and oxygen atoms in total. The molecule has 3 rings (SSSR count). The number of halogens is 1. The maximum atomic E-state index is 13.9. The summed E-state index contributed by atoms with van der Waals surface area (Å²) in [6.07, 6.45) is 0. The fourth-order valence-corrected chi connectivity index (χ4v) is 3.42. The molecule has 0 atom stereocenters. The van der Waals surface area contributed by atoms with Crippen LogP contribution in [-0.2, 0) is 6.54 Å². The maximum absolute atomic E-state index is 13.9. The van der Waals surface area contributed by atoms with Gasteiger partial charge in [0.25, 0.3) is 5.91 Å². The first-order valence-corrected chi connectivity index (χ1v) is 8.70. The number of carbonyl (C=O) groups is 1. The number of benzene rings is 2. The number of methoxy groups -OCH3 is 1. The molecule has 0 saturated heterocycles. The number of rotatable bonds is 5. The third-order valence-electron chi connectivity index (χ3n) is 3.98. The first-order valence-electron chi connectivity index (χ1n) is 7.88. The van der Waals surface area contributed by atoms with Crippen molar-refractivity contribution in [3.8, 4) is 5.75 Å². The average Bonchev–Trinajstić information content (AvgIpc) is 2.92. The summed E-state index contributed by atoms with van der Waals surface area (Å²) in [5.74, 6) is -0.0730. The SMILES string of the molecule is COc1ccc(NC(=O)c2sc(=O)n(Cc3ccccc3F)c2C)cc1. The number of amides is 1. The largest absolute Gasteiger partial charge is 0.497 e. The molecule has 1 N–H and O–H groups in total. The van der Waals surface area contributed by atoms with Gasteiger partial charge in [0.1, 0.15) is 16.4 Å². The minimum atomic E-state index is -0.380. The van der Waals surface area contributed by atoms with Crippen LogP contribution in [0.2, 0.25) is 0 Å². The zero-order chi connectivity index (χ0) is 18.7. The normalized spacial score (nSPS) is 10.6. The second kappa shape index (κ2) is 7.53. The lowest BCUT2D eigenvalue weighted by molar-refractivity contribution is 0.102. The van der Waals surface area contributed by atoms with Crippen LogP contribution in [0.15, 0.2) is 53.3 Å². The molecule has 2 aromatic carbocycles. The lowest BCUT2D eigenvalue weighted by Crippen LogP contribution is -2.17. The molecule has 0 bridgehead atoms. The molecule has 3 aromatic rings. The molecule has 26 heavy (non-hydrogen) atoms. The third kappa shape index (κ3) is 3.67. The van der Waals surface area contributed by atoms with Gasteiger partial charge in [-0.2, -0.15) is 0 Å². The van der Waals surface area contributed by atoms with E-state index in [2.05, 4.69) is 5.32 Å². The summed E-state index contributed by atoms with van der Waals surface area (Å²) in [7, 11) is 1.56. The topological polar surface area (TPSA) is 60.3 Å². The van der Waals surface area contributed by atoms with E-state index in [9.17, 15) is 14.0 Å². The number of hydrogen-bond donors (Lipinski definition) is 1. The van der Waals surface area contributed by atoms with Crippen LogP contribution < -0.4 is 14.9 Å². The highest BCUT2D eigenvalue weighted by Gasteiger charge is 2.18. The number of thiazole rings is 1. The number of anilines is 1. The fraction of sp³-hybridized carbons (Fsp3) is 0.158. The van der Waals surface area contributed by atoms with Crippen LogP contribution in [0, 0.1) is 12.7 Å². The Bertz CT molecular complexity index is 993. The summed E-state index contributed by atoms with van der Waals surface area (Å²) in [5.41, 5.74) is 1.50. The summed E-state index contributed by atoms with van der Waals surface area (Å²) in [4.78, 5) is 24.8. The van der Waals surface area contributed by atoms with Crippen LogP contribution in [0.3, 0.4) is 0 Å². The quantitative estimate of drug-likeness (QED) is 0.743. The van der Waals surface area contributed by atoms with Gasteiger partial charge < -0.3 is 10.1 Å². The number of nitrogens with one attached hydrogen (secondary N) is 1. The van der Waals surface area contributed by atoms with E-state index in [0.29, 0.717) is 27.6 Å². The van der Waals surface area contributed by atoms with E-state index in [0.717, 1.165) is 11.3 Å². The van der Waals surface area contributed by atoms with Crippen molar-refractivity contribution in [2.75, 3.05) is 12.4 Å². The predicted molar refractivity (Wildman–Crippen MR) is 99.8 cm³/mol. The van der Waals surface area contributed by atoms with E-state index in [1.807, 2.05) is 0 Å². The second-order valence-corrected chi connectivity index (χ2v) is 6.60. The van der Waals surface area contributed by atoms with Gasteiger partial charge in [0.05, 0.1) is 13.7 Å². The van der Waals surface area contributed by atoms with Gasteiger partial charge in [0, 0.05) is 16.9 Å². The molecule has 0 radical (unpaired) electrons. The lowest BCUT2D eigenvalue weighted by atomic mass is 10.2. The van der Waals surface area contributed by atoms with Crippen LogP contribution in [0.5, 0.6) is 5.75 Å². The van der Waals surface area contributed by atoms with Crippen molar-refractivity contribution in [3.63, 3.8) is 0 Å². The third-order valence-corrected chi connectivity index (χ3v) is 5.06. The maximum Gasteiger partial charge on any atom is 0.308 e. The Balaban J connectivity index is 1.83. The molecular weight excluding hydrogens is 355 g/mol. The molecule has 7 heteroatoms. The lowest BCUT2D eigenvalue weighted by Gasteiger charge is -2.08. The smallest absolute Gasteiger partial charge is 0.308 e. The molecule has 0 saturated carbocycles. The van der Waals surface area contributed by atoms with Gasteiger partial charge in [-0.1, -0.05) is 29.5 Å². The zero-order valence-electron chi connectivity index (χ0n) is 14.3. The van der Waals surface area contributed by atoms with E-state index in [1.165, 1.54) is 10.6 Å². The zero-order valence-corrected chi connectivity index (χ0v) is 15.1. The van der Waals surface area contributed by atoms with E-state index in [-0.39, 0.29) is 23.1 Å². The van der Waals surface area contributed by atoms with Gasteiger partial charge >= 0.3 is 4.87 Å². The highest BCUT2D eigenvalue weighted by molar-refractivity contribution is 7.11. The summed E-state index contributed by atoms with van der Waals surface area (Å²) < 4.78 is 20.3. The van der Waals surface area contributed by atoms with Crippen molar-refractivity contribution in [1.82, 2.24) is 4.57 Å². The van der Waals surface area contributed by atoms with Crippen molar-refractivity contribution in [3.05, 3.63) is 80.2 Å². The van der Waals surface area contributed by atoms with Gasteiger partial charge in [-0.3, -0.25) is 14.2 Å². The Hall–Kier alpha value is -2.93. The second-order valence-electron chi connectivity index (χ2n) is 5.64. The van der Waals surface area contributed by atoms with Crippen molar-refractivity contribution in [1.29, 1.82) is 0 Å². The fourth-order valence-electron chi connectivity index (χ4n) is 2.53. The molecule has 1 aromatic heterocycles. The molecule has 0 aliphatic carbocycles. The highest BCUT2D eigenvalue weighted by atomic mass is 32.1. The first kappa shape index (κ1) is 17.9. The number of aromatic nitrogens is 1. The molecule has 0 aliphatic heterocycles. The molecule has 0 fully saturated rings. The molecular formula is C19H17FN2O3S. The Morgan fingerprint density at radius 3 is 2.54 bits per heavy atom. The van der Waals surface area contributed by atoms with Crippen molar-refractivity contribution in [2.24, 2.45) is 0 Å². The molecule has 1 heterocycles. The van der Waals surface area contributed by atoms with Crippen molar-refractivity contribution >= 4 is 22.9 Å². The summed E-state index contributed by atoms with van der Waals surface area (Å²) in [6, 6.07) is 13.2. The predicted octanol–water partition coefficient (Wildman–Crippen LogP) is 3.67. The first-order chi connectivity index (χ1) is 12.5. The molecule has 0 unspecified atom stereocenters. The number of ether oxygens (including phenoxy) is 1. The average molecular weight is 372 g/mol. The van der Waals surface area contributed by atoms with Crippen LogP contribution >= 0.6 is 11.3 Å². The van der Waals surface area contributed by atoms with E-state index in [1.54, 1.807) is 56.5 Å². The molecule has 1 amide bonds. The van der Waals surface area contributed by atoms with E-state index in [4.69, 9.17) is 4.74 Å². The van der Waals surface area contributed by atoms with Crippen LogP contribution in [0.4, 0.5) is 10.1 Å². The van der Waals surface area contributed by atoms with Crippen LogP contribution in [0.1, 0.15) is 20.9 Å². The van der Waals surface area contributed by atoms with Crippen LogP contribution in [0.25, 0.3) is 0 Å². The summed E-state index contributed by atoms with van der Waals surface area (Å²) >= 11 is 0.849. The Kier molecular flexibility index (Phi) is 5.18. The molecule has 134 valence electrons. The van der Waals surface area contributed by atoms with Gasteiger partial charge in [-0.05, 0) is 37.3 Å². The van der Waals surface area contributed by atoms with Gasteiger partial charge in [-0.15, -0.1) is 0 Å². The standard InChI is InChI=1S/C19H17FN2O3S/c1-12-17(18(23)21-14-7-9-15(25-2)10-8-14)26-19(24)22(12)11-13-5-3-4-6-16(13)20/h3-10H,11H2,1-2H3,(H,21,23). The van der Waals surface area contributed by atoms with Crippen LogP contribution in [-0.4, -0.2) is 17.6 Å². The summed E-state index contributed by atoms with van der Waals surface area (Å²) in [5, 5.41) is 2.76. The van der Waals surface area contributed by atoms with E-state index >= 15 is 0 Å². The molecule has 0 spiro atoms. The number of carbonyl (C=O) groups excluding carboxylic acids is 1. The summed E-state index contributed by atoms with van der Waals surface area (Å²) in [6.45, 7) is 1.77. The molecule has 0 aliphatic rings. The number of nitrogens with zero attached hydrogens (tertiary/aromatic N) is 1. The highest BCUT2D eigenvalue weighted by Crippen LogP contribution is 2.19.